The van der Waals surface area contributed by atoms with Gasteiger partial charge < -0.3 is 10.2 Å². The smallest absolute Gasteiger partial charge is 0.242 e. The summed E-state index contributed by atoms with van der Waals surface area (Å²) in [7, 11) is 0. The molecule has 0 radical (unpaired) electrons. The van der Waals surface area contributed by atoms with Gasteiger partial charge in [0.25, 0.3) is 0 Å². The average molecular weight is 462 g/mol. The number of halogens is 4. The van der Waals surface area contributed by atoms with Gasteiger partial charge in [-0.3, -0.25) is 9.59 Å². The lowest BCUT2D eigenvalue weighted by Gasteiger charge is -2.29. The normalized spacial score (nSPS) is 11.8. The molecule has 2 amide bonds. The first-order valence-corrected chi connectivity index (χ1v) is 10.2. The lowest BCUT2D eigenvalue weighted by Crippen LogP contribution is -2.48. The van der Waals surface area contributed by atoms with Gasteiger partial charge in [-0.1, -0.05) is 58.5 Å². The molecule has 8 heteroatoms. The quantitative estimate of drug-likeness (QED) is 0.600. The molecule has 0 aromatic heterocycles. The number of rotatable bonds is 7. The molecule has 1 atom stereocenters. The fourth-order valence-corrected chi connectivity index (χ4v) is 3.52. The summed E-state index contributed by atoms with van der Waals surface area (Å²) in [6.45, 7) is 4.06. The van der Waals surface area contributed by atoms with Crippen LogP contribution in [0.4, 0.5) is 0 Å². The van der Waals surface area contributed by atoms with Gasteiger partial charge in [0.05, 0.1) is 16.5 Å². The van der Waals surface area contributed by atoms with Crippen LogP contribution in [0.3, 0.4) is 0 Å². The molecule has 2 rings (SSSR count). The molecule has 0 heterocycles. The Hall–Kier alpha value is -1.46. The maximum Gasteiger partial charge on any atom is 0.242 e. The van der Waals surface area contributed by atoms with Crippen LogP contribution in [0.25, 0.3) is 0 Å². The van der Waals surface area contributed by atoms with Gasteiger partial charge >= 0.3 is 0 Å². The molecule has 0 aliphatic carbocycles. The standard InChI is InChI=1S/C20H20Cl4N2O2/c1-3-25-20(28)12(2)26(11-14-15(21)5-4-6-16(14)22)19(27)10-13-7-8-17(23)18(24)9-13/h4-9,12H,3,10-11H2,1-2H3,(H,25,28). The maximum atomic E-state index is 13.1. The SMILES string of the molecule is CCNC(=O)C(C)N(Cc1c(Cl)cccc1Cl)C(=O)Cc1ccc(Cl)c(Cl)c1. The van der Waals surface area contributed by atoms with Gasteiger partial charge in [0.1, 0.15) is 6.04 Å². The van der Waals surface area contributed by atoms with Crippen molar-refractivity contribution >= 4 is 58.2 Å². The number of benzene rings is 2. The summed E-state index contributed by atoms with van der Waals surface area (Å²) in [6.07, 6.45) is 0.0582. The predicted octanol–water partition coefficient (Wildman–Crippen LogP) is 5.40. The third-order valence-corrected chi connectivity index (χ3v) is 5.70. The second kappa shape index (κ2) is 10.4. The minimum absolute atomic E-state index is 0.0582. The van der Waals surface area contributed by atoms with Gasteiger partial charge in [-0.25, -0.2) is 0 Å². The molecule has 0 fully saturated rings. The summed E-state index contributed by atoms with van der Waals surface area (Å²) < 4.78 is 0. The average Bonchev–Trinajstić information content (AvgIpc) is 2.64. The summed E-state index contributed by atoms with van der Waals surface area (Å²) in [5, 5.41) is 4.38. The minimum Gasteiger partial charge on any atom is -0.355 e. The molecule has 28 heavy (non-hydrogen) atoms. The van der Waals surface area contributed by atoms with E-state index in [9.17, 15) is 9.59 Å². The van der Waals surface area contributed by atoms with Crippen molar-refractivity contribution in [1.82, 2.24) is 10.2 Å². The number of hydrogen-bond donors (Lipinski definition) is 1. The van der Waals surface area contributed by atoms with Gasteiger partial charge in [-0.05, 0) is 43.7 Å². The van der Waals surface area contributed by atoms with Gasteiger partial charge in [-0.2, -0.15) is 0 Å². The van der Waals surface area contributed by atoms with E-state index in [0.29, 0.717) is 37.8 Å². The van der Waals surface area contributed by atoms with E-state index in [1.165, 1.54) is 4.90 Å². The summed E-state index contributed by atoms with van der Waals surface area (Å²) >= 11 is 24.5. The van der Waals surface area contributed by atoms with Crippen LogP contribution < -0.4 is 5.32 Å². The molecule has 0 aliphatic rings. The summed E-state index contributed by atoms with van der Waals surface area (Å²) in [5.41, 5.74) is 1.28. The Morgan fingerprint density at radius 3 is 2.21 bits per heavy atom. The van der Waals surface area contributed by atoms with Crippen molar-refractivity contribution in [1.29, 1.82) is 0 Å². The van der Waals surface area contributed by atoms with E-state index in [2.05, 4.69) is 5.32 Å². The van der Waals surface area contributed by atoms with Gasteiger partial charge in [0, 0.05) is 28.7 Å². The Morgan fingerprint density at radius 1 is 1.00 bits per heavy atom. The van der Waals surface area contributed by atoms with Gasteiger partial charge in [0.2, 0.25) is 11.8 Å². The van der Waals surface area contributed by atoms with Crippen LogP contribution in [0.15, 0.2) is 36.4 Å². The minimum atomic E-state index is -0.706. The van der Waals surface area contributed by atoms with Crippen molar-refractivity contribution in [3.05, 3.63) is 67.6 Å². The van der Waals surface area contributed by atoms with Crippen LogP contribution in [0.2, 0.25) is 20.1 Å². The number of amides is 2. The van der Waals surface area contributed by atoms with Crippen molar-refractivity contribution in [3.63, 3.8) is 0 Å². The monoisotopic (exact) mass is 460 g/mol. The molecule has 150 valence electrons. The molecule has 0 spiro atoms. The zero-order valence-electron chi connectivity index (χ0n) is 15.4. The number of nitrogens with one attached hydrogen (secondary N) is 1. The Morgan fingerprint density at radius 2 is 1.64 bits per heavy atom. The zero-order chi connectivity index (χ0) is 20.8. The zero-order valence-corrected chi connectivity index (χ0v) is 18.5. The molecule has 0 aliphatic heterocycles. The lowest BCUT2D eigenvalue weighted by molar-refractivity contribution is -0.140. The highest BCUT2D eigenvalue weighted by Gasteiger charge is 2.27. The van der Waals surface area contributed by atoms with Crippen molar-refractivity contribution in [2.45, 2.75) is 32.9 Å². The second-order valence-corrected chi connectivity index (χ2v) is 7.85. The Kier molecular flexibility index (Phi) is 8.44. The molecular weight excluding hydrogens is 442 g/mol. The Balaban J connectivity index is 2.32. The van der Waals surface area contributed by atoms with Crippen LogP contribution in [-0.2, 0) is 22.6 Å². The lowest BCUT2D eigenvalue weighted by atomic mass is 10.1. The highest BCUT2D eigenvalue weighted by atomic mass is 35.5. The molecule has 0 saturated carbocycles. The molecule has 0 saturated heterocycles. The number of likely N-dealkylation sites (N-methyl/N-ethyl adjacent to an activating group) is 1. The first-order valence-electron chi connectivity index (χ1n) is 8.68. The van der Waals surface area contributed by atoms with E-state index in [0.717, 1.165) is 0 Å². The van der Waals surface area contributed by atoms with Crippen LogP contribution in [0.1, 0.15) is 25.0 Å². The fourth-order valence-electron chi connectivity index (χ4n) is 2.68. The van der Waals surface area contributed by atoms with E-state index in [-0.39, 0.29) is 24.8 Å². The number of carbonyl (C=O) groups is 2. The molecule has 1 unspecified atom stereocenters. The molecule has 2 aromatic rings. The van der Waals surface area contributed by atoms with Crippen LogP contribution in [-0.4, -0.2) is 29.3 Å². The fraction of sp³-hybridized carbons (Fsp3) is 0.300. The van der Waals surface area contributed by atoms with Crippen LogP contribution >= 0.6 is 46.4 Å². The Labute approximate surface area is 184 Å². The number of hydrogen-bond acceptors (Lipinski definition) is 2. The van der Waals surface area contributed by atoms with Crippen LogP contribution in [0.5, 0.6) is 0 Å². The summed E-state index contributed by atoms with van der Waals surface area (Å²) in [6, 6.07) is 9.41. The van der Waals surface area contributed by atoms with Crippen molar-refractivity contribution in [2.75, 3.05) is 6.54 Å². The Bertz CT molecular complexity index is 853. The molecular formula is C20H20Cl4N2O2. The second-order valence-electron chi connectivity index (χ2n) is 6.22. The molecule has 2 aromatic carbocycles. The van der Waals surface area contributed by atoms with Crippen molar-refractivity contribution < 1.29 is 9.59 Å². The highest BCUT2D eigenvalue weighted by Crippen LogP contribution is 2.27. The predicted molar refractivity (Wildman–Crippen MR) is 115 cm³/mol. The van der Waals surface area contributed by atoms with Gasteiger partial charge in [0.15, 0.2) is 0 Å². The highest BCUT2D eigenvalue weighted by molar-refractivity contribution is 6.42. The number of carbonyl (C=O) groups excluding carboxylic acids is 2. The van der Waals surface area contributed by atoms with Crippen LogP contribution in [0, 0.1) is 0 Å². The summed E-state index contributed by atoms with van der Waals surface area (Å²) in [5.74, 6) is -0.513. The first kappa shape index (κ1) is 22.8. The van der Waals surface area contributed by atoms with E-state index >= 15 is 0 Å². The third-order valence-electron chi connectivity index (χ3n) is 4.25. The molecule has 4 nitrogen and oxygen atoms in total. The van der Waals surface area contributed by atoms with E-state index < -0.39 is 6.04 Å². The first-order chi connectivity index (χ1) is 13.2. The summed E-state index contributed by atoms with van der Waals surface area (Å²) in [4.78, 5) is 26.9. The number of nitrogens with zero attached hydrogens (tertiary/aromatic N) is 1. The largest absolute Gasteiger partial charge is 0.355 e. The molecule has 0 bridgehead atoms. The van der Waals surface area contributed by atoms with E-state index in [4.69, 9.17) is 46.4 Å². The van der Waals surface area contributed by atoms with Crippen molar-refractivity contribution in [3.8, 4) is 0 Å². The van der Waals surface area contributed by atoms with Crippen molar-refractivity contribution in [2.24, 2.45) is 0 Å². The van der Waals surface area contributed by atoms with E-state index in [1.54, 1.807) is 43.3 Å². The third kappa shape index (κ3) is 5.77. The van der Waals surface area contributed by atoms with Gasteiger partial charge in [-0.15, -0.1) is 0 Å². The molecule has 1 N–H and O–H groups in total. The maximum absolute atomic E-state index is 13.1. The van der Waals surface area contributed by atoms with E-state index in [1.807, 2.05) is 6.92 Å². The topological polar surface area (TPSA) is 49.4 Å².